The van der Waals surface area contributed by atoms with Gasteiger partial charge in [-0.3, -0.25) is 4.79 Å². The number of hydrogen-bond acceptors (Lipinski definition) is 2. The quantitative estimate of drug-likeness (QED) is 0.582. The summed E-state index contributed by atoms with van der Waals surface area (Å²) in [5, 5.41) is 0.541. The maximum Gasteiger partial charge on any atom is 0.151 e. The lowest BCUT2D eigenvalue weighted by Gasteiger charge is -1.94. The molecule has 2 aromatic rings. The second-order valence-electron chi connectivity index (χ2n) is 2.55. The van der Waals surface area contributed by atoms with Crippen LogP contribution in [0.1, 0.15) is 10.4 Å². The van der Waals surface area contributed by atoms with Crippen molar-refractivity contribution in [2.75, 3.05) is 0 Å². The van der Waals surface area contributed by atoms with Crippen LogP contribution in [0.5, 0.6) is 0 Å². The molecule has 1 heterocycles. The van der Waals surface area contributed by atoms with Gasteiger partial charge in [-0.1, -0.05) is 0 Å². The highest BCUT2D eigenvalue weighted by atomic mass is 127. The summed E-state index contributed by atoms with van der Waals surface area (Å²) in [6.07, 6.45) is 0.758. The van der Waals surface area contributed by atoms with E-state index in [1.807, 2.05) is 0 Å². The van der Waals surface area contributed by atoms with Crippen molar-refractivity contribution in [1.82, 2.24) is 0 Å². The van der Waals surface area contributed by atoms with Crippen molar-refractivity contribution in [3.8, 4) is 0 Å². The van der Waals surface area contributed by atoms with Crippen LogP contribution in [0.2, 0.25) is 0 Å². The number of hydrogen-bond donors (Lipinski definition) is 0. The minimum absolute atomic E-state index is 0.264. The van der Waals surface area contributed by atoms with Gasteiger partial charge >= 0.3 is 0 Å². The molecular formula is C9H4FIOS. The van der Waals surface area contributed by atoms with Crippen LogP contribution in [0.4, 0.5) is 4.39 Å². The molecule has 66 valence electrons. The van der Waals surface area contributed by atoms with Crippen LogP contribution in [0.15, 0.2) is 18.2 Å². The zero-order valence-corrected chi connectivity index (χ0v) is 9.36. The summed E-state index contributed by atoms with van der Waals surface area (Å²) in [4.78, 5) is 10.6. The number of aldehydes is 1. The van der Waals surface area contributed by atoms with E-state index in [0.717, 1.165) is 13.9 Å². The first-order valence-electron chi connectivity index (χ1n) is 3.55. The molecule has 0 fully saturated rings. The largest absolute Gasteiger partial charge is 0.298 e. The van der Waals surface area contributed by atoms with E-state index in [1.165, 1.54) is 23.5 Å². The zero-order valence-electron chi connectivity index (χ0n) is 6.38. The molecule has 0 radical (unpaired) electrons. The molecule has 0 N–H and O–H groups in total. The zero-order chi connectivity index (χ0) is 9.42. The fourth-order valence-corrected chi connectivity index (χ4v) is 3.02. The van der Waals surface area contributed by atoms with E-state index in [1.54, 1.807) is 6.07 Å². The second kappa shape index (κ2) is 3.34. The molecule has 0 bridgehead atoms. The number of fused-ring (bicyclic) bond motifs is 1. The van der Waals surface area contributed by atoms with Gasteiger partial charge in [0.05, 0.1) is 2.88 Å². The van der Waals surface area contributed by atoms with Crippen LogP contribution in [-0.2, 0) is 0 Å². The van der Waals surface area contributed by atoms with Gasteiger partial charge in [0.2, 0.25) is 0 Å². The molecule has 0 amide bonds. The van der Waals surface area contributed by atoms with Crippen LogP contribution in [-0.4, -0.2) is 6.29 Å². The summed E-state index contributed by atoms with van der Waals surface area (Å²) < 4.78 is 14.9. The average molecular weight is 306 g/mol. The van der Waals surface area contributed by atoms with Crippen LogP contribution in [0.25, 0.3) is 10.1 Å². The van der Waals surface area contributed by atoms with Gasteiger partial charge < -0.3 is 0 Å². The van der Waals surface area contributed by atoms with Gasteiger partial charge in [-0.05, 0) is 40.8 Å². The van der Waals surface area contributed by atoms with E-state index in [9.17, 15) is 9.18 Å². The van der Waals surface area contributed by atoms with Gasteiger partial charge in [0.15, 0.2) is 6.29 Å². The molecule has 0 spiro atoms. The van der Waals surface area contributed by atoms with Crippen LogP contribution >= 0.6 is 33.9 Å². The highest BCUT2D eigenvalue weighted by Gasteiger charge is 2.08. The number of carbonyl (C=O) groups is 1. The van der Waals surface area contributed by atoms with Crippen LogP contribution < -0.4 is 0 Å². The van der Waals surface area contributed by atoms with Gasteiger partial charge in [-0.2, -0.15) is 0 Å². The van der Waals surface area contributed by atoms with Crippen molar-refractivity contribution >= 4 is 50.3 Å². The van der Waals surface area contributed by atoms with Crippen molar-refractivity contribution in [2.45, 2.75) is 0 Å². The number of halogens is 2. The lowest BCUT2D eigenvalue weighted by molar-refractivity contribution is 0.112. The third kappa shape index (κ3) is 1.48. The maximum atomic E-state index is 13.2. The van der Waals surface area contributed by atoms with Crippen molar-refractivity contribution in [3.63, 3.8) is 0 Å². The Morgan fingerprint density at radius 3 is 2.92 bits per heavy atom. The van der Waals surface area contributed by atoms with E-state index >= 15 is 0 Å². The molecule has 1 aromatic heterocycles. The first-order valence-corrected chi connectivity index (χ1v) is 5.44. The van der Waals surface area contributed by atoms with Gasteiger partial charge in [-0.25, -0.2) is 4.39 Å². The third-order valence-electron chi connectivity index (χ3n) is 1.76. The highest BCUT2D eigenvalue weighted by molar-refractivity contribution is 14.1. The van der Waals surface area contributed by atoms with Gasteiger partial charge in [0, 0.05) is 15.6 Å². The molecule has 1 aromatic carbocycles. The Morgan fingerprint density at radius 2 is 2.23 bits per heavy atom. The maximum absolute atomic E-state index is 13.2. The third-order valence-corrected chi connectivity index (χ3v) is 3.70. The first-order chi connectivity index (χ1) is 6.22. The molecule has 0 saturated heterocycles. The molecule has 0 unspecified atom stereocenters. The molecule has 0 aliphatic rings. The second-order valence-corrected chi connectivity index (χ2v) is 5.49. The van der Waals surface area contributed by atoms with Crippen molar-refractivity contribution in [1.29, 1.82) is 0 Å². The van der Waals surface area contributed by atoms with Gasteiger partial charge in [-0.15, -0.1) is 11.3 Å². The number of rotatable bonds is 1. The minimum atomic E-state index is -0.264. The summed E-state index contributed by atoms with van der Waals surface area (Å²) in [6.45, 7) is 0. The predicted molar refractivity (Wildman–Crippen MR) is 59.9 cm³/mol. The van der Waals surface area contributed by atoms with Crippen molar-refractivity contribution < 1.29 is 9.18 Å². The summed E-state index contributed by atoms with van der Waals surface area (Å²) >= 11 is 3.55. The normalized spacial score (nSPS) is 10.6. The van der Waals surface area contributed by atoms with E-state index in [4.69, 9.17) is 0 Å². The summed E-state index contributed by atoms with van der Waals surface area (Å²) in [5.41, 5.74) is 0.560. The van der Waals surface area contributed by atoms with Gasteiger partial charge in [0.25, 0.3) is 0 Å². The fraction of sp³-hybridized carbons (Fsp3) is 0. The Balaban J connectivity index is 2.91. The molecule has 2 rings (SSSR count). The Morgan fingerprint density at radius 1 is 1.46 bits per heavy atom. The Kier molecular flexibility index (Phi) is 2.33. The monoisotopic (exact) mass is 306 g/mol. The molecule has 0 aliphatic heterocycles. The SMILES string of the molecule is O=Cc1ccc(F)c2cc(I)sc12. The van der Waals surface area contributed by atoms with Gasteiger partial charge in [0.1, 0.15) is 5.82 Å². The van der Waals surface area contributed by atoms with E-state index in [0.29, 0.717) is 10.9 Å². The molecular weight excluding hydrogens is 302 g/mol. The molecule has 4 heteroatoms. The van der Waals surface area contributed by atoms with Crippen LogP contribution in [0, 0.1) is 8.70 Å². The molecule has 13 heavy (non-hydrogen) atoms. The molecule has 0 aliphatic carbocycles. The molecule has 0 atom stereocenters. The average Bonchev–Trinajstić information content (AvgIpc) is 2.48. The Bertz CT molecular complexity index is 478. The standard InChI is InChI=1S/C9H4FIOS/c10-7-2-1-5(4-12)9-6(7)3-8(11)13-9/h1-4H. The van der Waals surface area contributed by atoms with Crippen LogP contribution in [0.3, 0.4) is 0 Å². The van der Waals surface area contributed by atoms with Crippen molar-refractivity contribution in [3.05, 3.63) is 32.5 Å². The summed E-state index contributed by atoms with van der Waals surface area (Å²) in [5.74, 6) is -0.264. The van der Waals surface area contributed by atoms with E-state index < -0.39 is 0 Å². The summed E-state index contributed by atoms with van der Waals surface area (Å²) in [6, 6.07) is 4.59. The molecule has 0 saturated carbocycles. The number of carbonyl (C=O) groups excluding carboxylic acids is 1. The smallest absolute Gasteiger partial charge is 0.151 e. The lowest BCUT2D eigenvalue weighted by Crippen LogP contribution is -1.81. The topological polar surface area (TPSA) is 17.1 Å². The highest BCUT2D eigenvalue weighted by Crippen LogP contribution is 2.30. The molecule has 1 nitrogen and oxygen atoms in total. The van der Waals surface area contributed by atoms with Crippen molar-refractivity contribution in [2.24, 2.45) is 0 Å². The Hall–Kier alpha value is -0.490. The lowest BCUT2D eigenvalue weighted by atomic mass is 10.2. The van der Waals surface area contributed by atoms with E-state index in [-0.39, 0.29) is 5.82 Å². The summed E-state index contributed by atoms with van der Waals surface area (Å²) in [7, 11) is 0. The predicted octanol–water partition coefficient (Wildman–Crippen LogP) is 3.46. The fourth-order valence-electron chi connectivity index (χ4n) is 1.17. The first kappa shape index (κ1) is 9.08. The minimum Gasteiger partial charge on any atom is -0.298 e. The Labute approximate surface area is 91.7 Å². The van der Waals surface area contributed by atoms with E-state index in [2.05, 4.69) is 22.6 Å². The number of benzene rings is 1. The number of thiophene rings is 1.